The second kappa shape index (κ2) is 6.74. The lowest BCUT2D eigenvalue weighted by atomic mass is 10.2. The summed E-state index contributed by atoms with van der Waals surface area (Å²) in [5, 5.41) is 9.36. The molecule has 0 radical (unpaired) electrons. The summed E-state index contributed by atoms with van der Waals surface area (Å²) in [5.74, 6) is 2.20. The van der Waals surface area contributed by atoms with Crippen LogP contribution in [0.2, 0.25) is 0 Å². The van der Waals surface area contributed by atoms with Crippen molar-refractivity contribution in [1.29, 1.82) is 0 Å². The number of rotatable bonds is 5. The van der Waals surface area contributed by atoms with Crippen LogP contribution in [0.25, 0.3) is 0 Å². The predicted molar refractivity (Wildman–Crippen MR) is 53.1 cm³/mol. The SMILES string of the molecule is CCSCCC(O)C=C(C)C. The maximum Gasteiger partial charge on any atom is 0.0731 e. The first-order valence-corrected chi connectivity index (χ1v) is 5.23. The van der Waals surface area contributed by atoms with Crippen molar-refractivity contribution in [2.45, 2.75) is 33.3 Å². The highest BCUT2D eigenvalue weighted by atomic mass is 32.2. The Labute approximate surface area is 73.9 Å². The van der Waals surface area contributed by atoms with Crippen molar-refractivity contribution < 1.29 is 5.11 Å². The highest BCUT2D eigenvalue weighted by Gasteiger charge is 1.97. The van der Waals surface area contributed by atoms with E-state index in [4.69, 9.17) is 0 Å². The summed E-state index contributed by atoms with van der Waals surface area (Å²) in [6, 6.07) is 0. The van der Waals surface area contributed by atoms with Crippen LogP contribution < -0.4 is 0 Å². The van der Waals surface area contributed by atoms with Gasteiger partial charge in [0.2, 0.25) is 0 Å². The van der Waals surface area contributed by atoms with E-state index in [2.05, 4.69) is 6.92 Å². The molecule has 2 heteroatoms. The molecule has 0 aromatic rings. The van der Waals surface area contributed by atoms with Gasteiger partial charge in [-0.15, -0.1) is 0 Å². The minimum atomic E-state index is -0.237. The first-order valence-electron chi connectivity index (χ1n) is 4.07. The Balaban J connectivity index is 3.37. The lowest BCUT2D eigenvalue weighted by Gasteiger charge is -2.04. The van der Waals surface area contributed by atoms with Gasteiger partial charge in [0.25, 0.3) is 0 Å². The molecule has 0 aliphatic carbocycles. The molecule has 66 valence electrons. The largest absolute Gasteiger partial charge is 0.389 e. The third-order valence-electron chi connectivity index (χ3n) is 1.29. The number of hydrogen-bond acceptors (Lipinski definition) is 2. The summed E-state index contributed by atoms with van der Waals surface area (Å²) in [7, 11) is 0. The van der Waals surface area contributed by atoms with Crippen LogP contribution in [-0.4, -0.2) is 22.7 Å². The Morgan fingerprint density at radius 1 is 1.55 bits per heavy atom. The molecule has 0 bridgehead atoms. The van der Waals surface area contributed by atoms with Crippen molar-refractivity contribution in [1.82, 2.24) is 0 Å². The maximum atomic E-state index is 9.36. The molecule has 0 aliphatic heterocycles. The highest BCUT2D eigenvalue weighted by Crippen LogP contribution is 2.06. The number of hydrogen-bond donors (Lipinski definition) is 1. The van der Waals surface area contributed by atoms with Gasteiger partial charge in [-0.25, -0.2) is 0 Å². The van der Waals surface area contributed by atoms with Gasteiger partial charge in [-0.2, -0.15) is 11.8 Å². The Morgan fingerprint density at radius 2 is 2.18 bits per heavy atom. The summed E-state index contributed by atoms with van der Waals surface area (Å²) in [5.41, 5.74) is 1.19. The van der Waals surface area contributed by atoms with Crippen LogP contribution in [0.1, 0.15) is 27.2 Å². The van der Waals surface area contributed by atoms with Gasteiger partial charge >= 0.3 is 0 Å². The van der Waals surface area contributed by atoms with Crippen molar-refractivity contribution in [2.24, 2.45) is 0 Å². The molecule has 0 amide bonds. The average molecular weight is 174 g/mol. The standard InChI is InChI=1S/C9H18OS/c1-4-11-6-5-9(10)7-8(2)3/h7,9-10H,4-6H2,1-3H3. The summed E-state index contributed by atoms with van der Waals surface area (Å²) >= 11 is 1.87. The minimum Gasteiger partial charge on any atom is -0.389 e. The molecule has 0 saturated carbocycles. The van der Waals surface area contributed by atoms with E-state index in [0.29, 0.717) is 0 Å². The lowest BCUT2D eigenvalue weighted by molar-refractivity contribution is 0.219. The minimum absolute atomic E-state index is 0.237. The van der Waals surface area contributed by atoms with E-state index in [-0.39, 0.29) is 6.10 Å². The van der Waals surface area contributed by atoms with Gasteiger partial charge in [-0.3, -0.25) is 0 Å². The molecule has 0 aliphatic rings. The second-order valence-corrected chi connectivity index (χ2v) is 4.19. The Morgan fingerprint density at radius 3 is 2.64 bits per heavy atom. The predicted octanol–water partition coefficient (Wildman–Crippen LogP) is 2.46. The molecular formula is C9H18OS. The zero-order chi connectivity index (χ0) is 8.69. The third-order valence-corrected chi connectivity index (χ3v) is 2.22. The molecule has 0 rings (SSSR count). The average Bonchev–Trinajstić information content (AvgIpc) is 1.86. The molecule has 1 N–H and O–H groups in total. The van der Waals surface area contributed by atoms with Gasteiger partial charge in [0.05, 0.1) is 6.10 Å². The van der Waals surface area contributed by atoms with Crippen molar-refractivity contribution in [3.05, 3.63) is 11.6 Å². The van der Waals surface area contributed by atoms with Crippen molar-refractivity contribution in [2.75, 3.05) is 11.5 Å². The summed E-state index contributed by atoms with van der Waals surface area (Å²) < 4.78 is 0. The zero-order valence-electron chi connectivity index (χ0n) is 7.63. The number of aliphatic hydroxyl groups excluding tert-OH is 1. The van der Waals surface area contributed by atoms with Gasteiger partial charge in [0.15, 0.2) is 0 Å². The van der Waals surface area contributed by atoms with E-state index in [0.717, 1.165) is 17.9 Å². The maximum absolute atomic E-state index is 9.36. The van der Waals surface area contributed by atoms with Crippen LogP contribution in [0.5, 0.6) is 0 Å². The molecule has 11 heavy (non-hydrogen) atoms. The molecule has 1 nitrogen and oxygen atoms in total. The van der Waals surface area contributed by atoms with Gasteiger partial charge < -0.3 is 5.11 Å². The van der Waals surface area contributed by atoms with E-state index in [1.54, 1.807) is 0 Å². The lowest BCUT2D eigenvalue weighted by Crippen LogP contribution is -2.04. The van der Waals surface area contributed by atoms with E-state index in [9.17, 15) is 5.11 Å². The van der Waals surface area contributed by atoms with Gasteiger partial charge in [0, 0.05) is 0 Å². The van der Waals surface area contributed by atoms with Crippen LogP contribution >= 0.6 is 11.8 Å². The van der Waals surface area contributed by atoms with E-state index >= 15 is 0 Å². The monoisotopic (exact) mass is 174 g/mol. The molecular weight excluding hydrogens is 156 g/mol. The molecule has 0 spiro atoms. The summed E-state index contributed by atoms with van der Waals surface area (Å²) in [4.78, 5) is 0. The van der Waals surface area contributed by atoms with Crippen molar-refractivity contribution in [3.63, 3.8) is 0 Å². The van der Waals surface area contributed by atoms with Crippen LogP contribution in [0.3, 0.4) is 0 Å². The molecule has 1 atom stereocenters. The smallest absolute Gasteiger partial charge is 0.0731 e. The van der Waals surface area contributed by atoms with Crippen molar-refractivity contribution >= 4 is 11.8 Å². The quantitative estimate of drug-likeness (QED) is 0.510. The van der Waals surface area contributed by atoms with Crippen LogP contribution in [0.15, 0.2) is 11.6 Å². The van der Waals surface area contributed by atoms with E-state index < -0.39 is 0 Å². The molecule has 0 saturated heterocycles. The van der Waals surface area contributed by atoms with E-state index in [1.807, 2.05) is 31.7 Å². The molecule has 0 heterocycles. The fourth-order valence-electron chi connectivity index (χ4n) is 0.817. The van der Waals surface area contributed by atoms with Crippen LogP contribution in [-0.2, 0) is 0 Å². The number of thioether (sulfide) groups is 1. The topological polar surface area (TPSA) is 20.2 Å². The van der Waals surface area contributed by atoms with E-state index in [1.165, 1.54) is 5.57 Å². The zero-order valence-corrected chi connectivity index (χ0v) is 8.45. The number of aliphatic hydroxyl groups is 1. The van der Waals surface area contributed by atoms with Gasteiger partial charge in [-0.05, 0) is 31.8 Å². The molecule has 0 fully saturated rings. The molecule has 0 aromatic carbocycles. The Hall–Kier alpha value is 0.0500. The fraction of sp³-hybridized carbons (Fsp3) is 0.778. The third kappa shape index (κ3) is 7.95. The normalized spacial score (nSPS) is 12.7. The summed E-state index contributed by atoms with van der Waals surface area (Å²) in [6.45, 7) is 6.16. The van der Waals surface area contributed by atoms with Crippen LogP contribution in [0, 0.1) is 0 Å². The van der Waals surface area contributed by atoms with Crippen molar-refractivity contribution in [3.8, 4) is 0 Å². The molecule has 1 unspecified atom stereocenters. The van der Waals surface area contributed by atoms with Gasteiger partial charge in [0.1, 0.15) is 0 Å². The first-order chi connectivity index (χ1) is 5.16. The second-order valence-electron chi connectivity index (χ2n) is 2.80. The number of allylic oxidation sites excluding steroid dienone is 1. The molecule has 0 aromatic heterocycles. The highest BCUT2D eigenvalue weighted by molar-refractivity contribution is 7.99. The fourth-order valence-corrected chi connectivity index (χ4v) is 1.51. The first kappa shape index (κ1) is 11.1. The van der Waals surface area contributed by atoms with Gasteiger partial charge in [-0.1, -0.05) is 18.6 Å². The summed E-state index contributed by atoms with van der Waals surface area (Å²) in [6.07, 6.45) is 2.55. The van der Waals surface area contributed by atoms with Crippen LogP contribution in [0.4, 0.5) is 0 Å². The Bertz CT molecular complexity index is 117. The Kier molecular flexibility index (Phi) is 6.77.